The van der Waals surface area contributed by atoms with E-state index in [1.165, 1.54) is 89.9 Å². The summed E-state index contributed by atoms with van der Waals surface area (Å²) in [5.41, 5.74) is 0. The monoisotopic (exact) mass is 420 g/mol. The van der Waals surface area contributed by atoms with Crippen LogP contribution in [0, 0.1) is 0 Å². The molecule has 0 aliphatic heterocycles. The van der Waals surface area contributed by atoms with E-state index < -0.39 is 21.5 Å². The summed E-state index contributed by atoms with van der Waals surface area (Å²) in [6.45, 7) is 3.83. The lowest BCUT2D eigenvalue weighted by Gasteiger charge is -2.15. The normalized spacial score (nSPS) is 14.3. The number of hydrogen-bond donors (Lipinski definition) is 2. The highest BCUT2D eigenvalue weighted by Gasteiger charge is 2.23. The van der Waals surface area contributed by atoms with E-state index in [-0.39, 0.29) is 6.42 Å². The van der Waals surface area contributed by atoms with Gasteiger partial charge in [-0.1, -0.05) is 116 Å². The van der Waals surface area contributed by atoms with Crippen LogP contribution in [-0.4, -0.2) is 29.4 Å². The molecule has 0 saturated heterocycles. The van der Waals surface area contributed by atoms with E-state index in [0.717, 1.165) is 19.3 Å². The van der Waals surface area contributed by atoms with Crippen LogP contribution in [0.2, 0.25) is 0 Å². The average molecular weight is 421 g/mol. The molecule has 0 amide bonds. The van der Waals surface area contributed by atoms with Crippen molar-refractivity contribution in [3.8, 4) is 0 Å². The zero-order valence-corrected chi connectivity index (χ0v) is 19.5. The summed E-state index contributed by atoms with van der Waals surface area (Å²) < 4.78 is 31.9. The number of aliphatic hydroxyl groups excluding tert-OH is 1. The Balaban J connectivity index is 3.35. The van der Waals surface area contributed by atoms with Crippen LogP contribution in [0.5, 0.6) is 0 Å². The average Bonchev–Trinajstić information content (AvgIpc) is 2.62. The molecular weight excluding hydrogens is 372 g/mol. The minimum Gasteiger partial charge on any atom is -0.393 e. The Hall–Kier alpha value is -0.130. The molecule has 0 bridgehead atoms. The second kappa shape index (κ2) is 18.9. The van der Waals surface area contributed by atoms with Crippen molar-refractivity contribution in [2.75, 3.05) is 0 Å². The topological polar surface area (TPSA) is 74.6 Å². The van der Waals surface area contributed by atoms with E-state index in [1.54, 1.807) is 6.92 Å². The van der Waals surface area contributed by atoms with Crippen LogP contribution in [0.3, 0.4) is 0 Å². The molecule has 0 heterocycles. The Morgan fingerprint density at radius 3 is 1.25 bits per heavy atom. The second-order valence-electron chi connectivity index (χ2n) is 8.67. The quantitative estimate of drug-likeness (QED) is 0.154. The first kappa shape index (κ1) is 27.9. The third-order valence-electron chi connectivity index (χ3n) is 5.65. The molecule has 0 aliphatic rings. The largest absolute Gasteiger partial charge is 0.393 e. The summed E-state index contributed by atoms with van der Waals surface area (Å²) in [4.78, 5) is 0. The summed E-state index contributed by atoms with van der Waals surface area (Å²) in [6, 6.07) is 0. The summed E-state index contributed by atoms with van der Waals surface area (Å²) in [5, 5.41) is 8.54. The highest BCUT2D eigenvalue weighted by molar-refractivity contribution is 7.86. The molecule has 0 aromatic heterocycles. The zero-order chi connectivity index (χ0) is 21.1. The number of aliphatic hydroxyl groups is 1. The lowest BCUT2D eigenvalue weighted by molar-refractivity contribution is 0.179. The fraction of sp³-hybridized carbons (Fsp3) is 1.00. The number of rotatable bonds is 21. The minimum absolute atomic E-state index is 0.123. The van der Waals surface area contributed by atoms with Crippen molar-refractivity contribution in [1.82, 2.24) is 0 Å². The van der Waals surface area contributed by atoms with Crippen molar-refractivity contribution < 1.29 is 18.1 Å². The van der Waals surface area contributed by atoms with Gasteiger partial charge in [-0.15, -0.1) is 0 Å². The van der Waals surface area contributed by atoms with Crippen LogP contribution in [0.4, 0.5) is 0 Å². The fourth-order valence-electron chi connectivity index (χ4n) is 3.87. The van der Waals surface area contributed by atoms with E-state index in [0.29, 0.717) is 6.42 Å². The van der Waals surface area contributed by atoms with Crippen LogP contribution >= 0.6 is 0 Å². The summed E-state index contributed by atoms with van der Waals surface area (Å²) >= 11 is 0. The van der Waals surface area contributed by atoms with E-state index in [2.05, 4.69) is 6.92 Å². The van der Waals surface area contributed by atoms with Crippen LogP contribution in [0.1, 0.15) is 136 Å². The first-order chi connectivity index (χ1) is 13.4. The first-order valence-corrected chi connectivity index (χ1v) is 13.5. The molecule has 0 rings (SSSR count). The van der Waals surface area contributed by atoms with Gasteiger partial charge >= 0.3 is 0 Å². The van der Waals surface area contributed by atoms with Gasteiger partial charge in [-0.3, -0.25) is 4.55 Å². The van der Waals surface area contributed by atoms with Crippen LogP contribution in [-0.2, 0) is 10.1 Å². The van der Waals surface area contributed by atoms with Crippen molar-refractivity contribution >= 4 is 10.1 Å². The van der Waals surface area contributed by atoms with Gasteiger partial charge in [-0.05, 0) is 19.8 Å². The molecular formula is C23H48O4S. The Morgan fingerprint density at radius 1 is 0.643 bits per heavy atom. The molecule has 0 aromatic carbocycles. The van der Waals surface area contributed by atoms with Gasteiger partial charge in [0.25, 0.3) is 10.1 Å². The lowest BCUT2D eigenvalue weighted by atomic mass is 10.0. The Bertz CT molecular complexity index is 420. The molecule has 0 aliphatic carbocycles. The van der Waals surface area contributed by atoms with Gasteiger partial charge in [0.05, 0.1) is 11.4 Å². The highest BCUT2D eigenvalue weighted by atomic mass is 32.2. The predicted molar refractivity (Wildman–Crippen MR) is 120 cm³/mol. The molecule has 0 radical (unpaired) electrons. The SMILES string of the molecule is CCCCCCCCCCCCCCCCCCCC(CC(C)O)S(=O)(=O)O. The van der Waals surface area contributed by atoms with E-state index in [1.807, 2.05) is 0 Å². The van der Waals surface area contributed by atoms with Crippen molar-refractivity contribution in [1.29, 1.82) is 0 Å². The Kier molecular flexibility index (Phi) is 18.8. The maximum absolute atomic E-state index is 11.3. The molecule has 0 fully saturated rings. The lowest BCUT2D eigenvalue weighted by Crippen LogP contribution is -2.24. The second-order valence-corrected chi connectivity index (χ2v) is 10.4. The summed E-state index contributed by atoms with van der Waals surface area (Å²) in [5.74, 6) is 0. The molecule has 4 nitrogen and oxygen atoms in total. The van der Waals surface area contributed by atoms with Crippen molar-refractivity contribution in [2.24, 2.45) is 0 Å². The molecule has 2 N–H and O–H groups in total. The number of hydrogen-bond acceptors (Lipinski definition) is 3. The standard InChI is InChI=1S/C23H48O4S/c1-3-4-5-6-7-8-9-10-11-12-13-14-15-16-17-18-19-20-23(21-22(2)24)28(25,26)27/h22-24H,3-21H2,1-2H3,(H,25,26,27). The zero-order valence-electron chi connectivity index (χ0n) is 18.7. The molecule has 2 unspecified atom stereocenters. The maximum atomic E-state index is 11.3. The smallest absolute Gasteiger partial charge is 0.267 e. The van der Waals surface area contributed by atoms with Crippen molar-refractivity contribution in [3.63, 3.8) is 0 Å². The molecule has 0 aromatic rings. The molecule has 2 atom stereocenters. The Labute approximate surface area is 175 Å². The van der Waals surface area contributed by atoms with E-state index >= 15 is 0 Å². The van der Waals surface area contributed by atoms with Gasteiger partial charge in [0.1, 0.15) is 0 Å². The van der Waals surface area contributed by atoms with Gasteiger partial charge in [0, 0.05) is 0 Å². The number of unbranched alkanes of at least 4 members (excludes halogenated alkanes) is 16. The molecule has 28 heavy (non-hydrogen) atoms. The molecule has 170 valence electrons. The van der Waals surface area contributed by atoms with Crippen molar-refractivity contribution in [3.05, 3.63) is 0 Å². The fourth-order valence-corrected chi connectivity index (χ4v) is 4.85. The van der Waals surface area contributed by atoms with E-state index in [9.17, 15) is 18.1 Å². The Morgan fingerprint density at radius 2 is 0.964 bits per heavy atom. The van der Waals surface area contributed by atoms with Gasteiger partial charge in [0.15, 0.2) is 0 Å². The molecule has 0 spiro atoms. The van der Waals surface area contributed by atoms with E-state index in [4.69, 9.17) is 0 Å². The third-order valence-corrected chi connectivity index (χ3v) is 6.93. The van der Waals surface area contributed by atoms with Gasteiger partial charge in [-0.25, -0.2) is 0 Å². The minimum atomic E-state index is -4.04. The molecule has 0 saturated carbocycles. The predicted octanol–water partition coefficient (Wildman–Crippen LogP) is 7.06. The van der Waals surface area contributed by atoms with Gasteiger partial charge in [0.2, 0.25) is 0 Å². The van der Waals surface area contributed by atoms with Crippen LogP contribution in [0.15, 0.2) is 0 Å². The maximum Gasteiger partial charge on any atom is 0.267 e. The highest BCUT2D eigenvalue weighted by Crippen LogP contribution is 2.18. The third kappa shape index (κ3) is 19.2. The summed E-state index contributed by atoms with van der Waals surface area (Å²) in [7, 11) is -4.04. The first-order valence-electron chi connectivity index (χ1n) is 12.0. The summed E-state index contributed by atoms with van der Waals surface area (Å²) in [6.07, 6.45) is 21.9. The molecule has 5 heteroatoms. The van der Waals surface area contributed by atoms with Crippen LogP contribution < -0.4 is 0 Å². The van der Waals surface area contributed by atoms with Gasteiger partial charge in [-0.2, -0.15) is 8.42 Å². The van der Waals surface area contributed by atoms with Gasteiger partial charge < -0.3 is 5.11 Å². The van der Waals surface area contributed by atoms with Crippen LogP contribution in [0.25, 0.3) is 0 Å². The van der Waals surface area contributed by atoms with Crippen molar-refractivity contribution in [2.45, 2.75) is 147 Å².